The van der Waals surface area contributed by atoms with Gasteiger partial charge in [-0.3, -0.25) is 14.8 Å². The van der Waals surface area contributed by atoms with E-state index in [4.69, 9.17) is 31.0 Å². The summed E-state index contributed by atoms with van der Waals surface area (Å²) in [5.74, 6) is 2.13. The van der Waals surface area contributed by atoms with Gasteiger partial charge in [0.25, 0.3) is 0 Å². The molecule has 9 heteroatoms. The van der Waals surface area contributed by atoms with Crippen molar-refractivity contribution in [3.63, 3.8) is 0 Å². The highest BCUT2D eigenvalue weighted by Crippen LogP contribution is 2.39. The lowest BCUT2D eigenvalue weighted by molar-refractivity contribution is -0.124. The van der Waals surface area contributed by atoms with E-state index in [0.29, 0.717) is 41.0 Å². The van der Waals surface area contributed by atoms with E-state index in [1.165, 1.54) is 0 Å². The number of nitrogens with one attached hydrogen (secondary N) is 1. The van der Waals surface area contributed by atoms with E-state index < -0.39 is 0 Å². The van der Waals surface area contributed by atoms with Gasteiger partial charge in [0.2, 0.25) is 12.7 Å². The fraction of sp³-hybridized carbons (Fsp3) is 0.304. The summed E-state index contributed by atoms with van der Waals surface area (Å²) < 4.78 is 11.0. The molecule has 1 amide bonds. The maximum absolute atomic E-state index is 12.0. The lowest BCUT2D eigenvalue weighted by Gasteiger charge is -2.40. The number of hydrogen-bond donors (Lipinski definition) is 1. The van der Waals surface area contributed by atoms with E-state index in [0.717, 1.165) is 16.9 Å². The number of carbonyl (C=O) groups excluding carboxylic acids is 1. The van der Waals surface area contributed by atoms with E-state index in [1.807, 2.05) is 38.1 Å². The van der Waals surface area contributed by atoms with Gasteiger partial charge in [-0.15, -0.1) is 0 Å². The van der Waals surface area contributed by atoms with Crippen molar-refractivity contribution in [1.82, 2.24) is 20.3 Å². The van der Waals surface area contributed by atoms with Crippen molar-refractivity contribution < 1.29 is 14.3 Å². The van der Waals surface area contributed by atoms with E-state index in [2.05, 4.69) is 15.2 Å². The van der Waals surface area contributed by atoms with Crippen LogP contribution >= 0.6 is 11.6 Å². The molecule has 1 saturated heterocycles. The minimum Gasteiger partial charge on any atom is -0.454 e. The van der Waals surface area contributed by atoms with Gasteiger partial charge in [-0.2, -0.15) is 0 Å². The van der Waals surface area contributed by atoms with Crippen LogP contribution in [0.3, 0.4) is 0 Å². The van der Waals surface area contributed by atoms with Crippen LogP contribution < -0.4 is 19.7 Å². The first-order valence-electron chi connectivity index (χ1n) is 10.4. The Hall–Kier alpha value is -3.39. The van der Waals surface area contributed by atoms with Gasteiger partial charge in [0.15, 0.2) is 11.5 Å². The number of nitrogens with zero attached hydrogens (tertiary/aromatic N) is 4. The second-order valence-corrected chi connectivity index (χ2v) is 8.52. The summed E-state index contributed by atoms with van der Waals surface area (Å²) in [6, 6.07) is 7.62. The van der Waals surface area contributed by atoms with Crippen LogP contribution in [0.1, 0.15) is 13.8 Å². The fourth-order valence-electron chi connectivity index (χ4n) is 3.67. The Kier molecular flexibility index (Phi) is 5.30. The lowest BCUT2D eigenvalue weighted by atomic mass is 10.0. The third kappa shape index (κ3) is 3.82. The molecule has 32 heavy (non-hydrogen) atoms. The molecule has 0 radical (unpaired) electrons. The number of amides is 1. The van der Waals surface area contributed by atoms with Gasteiger partial charge in [-0.05, 0) is 24.3 Å². The minimum atomic E-state index is -0.0368. The van der Waals surface area contributed by atoms with Crippen molar-refractivity contribution in [3.05, 3.63) is 47.9 Å². The van der Waals surface area contributed by atoms with Gasteiger partial charge in [0.05, 0.1) is 23.0 Å². The second kappa shape index (κ2) is 8.27. The predicted molar refractivity (Wildman–Crippen MR) is 121 cm³/mol. The molecule has 0 saturated carbocycles. The number of pyridine rings is 1. The molecular formula is C23H22ClN5O3. The van der Waals surface area contributed by atoms with Crippen LogP contribution in [0, 0.1) is 5.92 Å². The number of carbonyl (C=O) groups is 1. The predicted octanol–water partition coefficient (Wildman–Crippen LogP) is 3.55. The van der Waals surface area contributed by atoms with E-state index in [-0.39, 0.29) is 24.7 Å². The summed E-state index contributed by atoms with van der Waals surface area (Å²) in [7, 11) is 0. The largest absolute Gasteiger partial charge is 0.454 e. The zero-order valence-corrected chi connectivity index (χ0v) is 18.5. The maximum Gasteiger partial charge on any atom is 0.231 e. The molecule has 0 bridgehead atoms. The molecule has 0 atom stereocenters. The molecule has 2 aromatic heterocycles. The number of anilines is 1. The molecule has 164 valence electrons. The van der Waals surface area contributed by atoms with Gasteiger partial charge in [0.1, 0.15) is 11.5 Å². The minimum absolute atomic E-state index is 0.0368. The molecule has 1 fully saturated rings. The van der Waals surface area contributed by atoms with E-state index >= 15 is 0 Å². The highest BCUT2D eigenvalue weighted by molar-refractivity contribution is 6.33. The van der Waals surface area contributed by atoms with Crippen LogP contribution in [0.15, 0.2) is 42.9 Å². The van der Waals surface area contributed by atoms with Crippen molar-refractivity contribution in [2.75, 3.05) is 24.8 Å². The molecule has 2 aliphatic rings. The normalized spacial score (nSPS) is 15.1. The molecule has 0 aliphatic carbocycles. The monoisotopic (exact) mass is 451 g/mol. The summed E-state index contributed by atoms with van der Waals surface area (Å²) in [4.78, 5) is 27.8. The van der Waals surface area contributed by atoms with Gasteiger partial charge in [0, 0.05) is 42.5 Å². The quantitative estimate of drug-likeness (QED) is 0.634. The Morgan fingerprint density at radius 1 is 1.16 bits per heavy atom. The zero-order valence-electron chi connectivity index (χ0n) is 17.7. The van der Waals surface area contributed by atoms with E-state index in [1.54, 1.807) is 18.6 Å². The number of fused-ring (bicyclic) bond motifs is 1. The molecule has 1 N–H and O–H groups in total. The molecule has 0 unspecified atom stereocenters. The summed E-state index contributed by atoms with van der Waals surface area (Å²) >= 11 is 6.47. The highest BCUT2D eigenvalue weighted by Gasteiger charge is 2.30. The Labute approximate surface area is 190 Å². The summed E-state index contributed by atoms with van der Waals surface area (Å²) in [5.41, 5.74) is 2.93. The molecule has 2 aliphatic heterocycles. The first-order valence-corrected chi connectivity index (χ1v) is 10.8. The fourth-order valence-corrected chi connectivity index (χ4v) is 3.88. The van der Waals surface area contributed by atoms with Gasteiger partial charge < -0.3 is 19.7 Å². The molecule has 5 rings (SSSR count). The first-order chi connectivity index (χ1) is 15.5. The average Bonchev–Trinajstić information content (AvgIpc) is 3.23. The van der Waals surface area contributed by atoms with Gasteiger partial charge in [-0.1, -0.05) is 25.4 Å². The molecule has 8 nitrogen and oxygen atoms in total. The number of hydrogen-bond acceptors (Lipinski definition) is 7. The van der Waals surface area contributed by atoms with Crippen molar-refractivity contribution in [1.29, 1.82) is 0 Å². The van der Waals surface area contributed by atoms with E-state index in [9.17, 15) is 4.79 Å². The SMILES string of the molecule is CC(C)C(=O)NC1CN(c2cnc(-c3ccc4c(c3)OCO4)c(-c3ccncc3Cl)n2)C1. The summed E-state index contributed by atoms with van der Waals surface area (Å²) in [5, 5.41) is 3.54. The van der Waals surface area contributed by atoms with Crippen molar-refractivity contribution in [2.24, 2.45) is 5.92 Å². The van der Waals surface area contributed by atoms with Gasteiger partial charge in [-0.25, -0.2) is 4.98 Å². The highest BCUT2D eigenvalue weighted by atomic mass is 35.5. The molecular weight excluding hydrogens is 430 g/mol. The molecule has 0 spiro atoms. The Bertz CT molecular complexity index is 1180. The Morgan fingerprint density at radius 2 is 1.97 bits per heavy atom. The molecule has 4 heterocycles. The number of benzene rings is 1. The Morgan fingerprint density at radius 3 is 2.75 bits per heavy atom. The lowest BCUT2D eigenvalue weighted by Crippen LogP contribution is -2.60. The van der Waals surface area contributed by atoms with Crippen LogP contribution in [0.4, 0.5) is 5.82 Å². The summed E-state index contributed by atoms with van der Waals surface area (Å²) in [6.07, 6.45) is 5.02. The average molecular weight is 452 g/mol. The number of ether oxygens (including phenoxy) is 2. The van der Waals surface area contributed by atoms with Crippen LogP contribution in [0.2, 0.25) is 5.02 Å². The summed E-state index contributed by atoms with van der Waals surface area (Å²) in [6.45, 7) is 5.34. The topological polar surface area (TPSA) is 89.5 Å². The maximum atomic E-state index is 12.0. The third-order valence-electron chi connectivity index (χ3n) is 5.51. The molecule has 3 aromatic rings. The van der Waals surface area contributed by atoms with Crippen molar-refractivity contribution in [2.45, 2.75) is 19.9 Å². The Balaban J connectivity index is 1.48. The van der Waals surface area contributed by atoms with Crippen molar-refractivity contribution in [3.8, 4) is 34.0 Å². The second-order valence-electron chi connectivity index (χ2n) is 8.11. The van der Waals surface area contributed by atoms with Crippen LogP contribution in [-0.2, 0) is 4.79 Å². The number of rotatable bonds is 5. The first kappa shape index (κ1) is 20.5. The number of aromatic nitrogens is 3. The molecule has 1 aromatic carbocycles. The smallest absolute Gasteiger partial charge is 0.231 e. The van der Waals surface area contributed by atoms with Crippen LogP contribution in [0.5, 0.6) is 11.5 Å². The standard InChI is InChI=1S/C23H22ClN5O3/c1-13(2)23(30)27-15-10-29(11-15)20-9-26-21(14-3-4-18-19(7-14)32-12-31-18)22(28-20)16-5-6-25-8-17(16)24/h3-9,13,15H,10-12H2,1-2H3,(H,27,30). The number of halogens is 1. The van der Waals surface area contributed by atoms with Gasteiger partial charge >= 0.3 is 0 Å². The third-order valence-corrected chi connectivity index (χ3v) is 5.81. The zero-order chi connectivity index (χ0) is 22.2. The van der Waals surface area contributed by atoms with Crippen molar-refractivity contribution >= 4 is 23.3 Å². The van der Waals surface area contributed by atoms with Crippen LogP contribution in [0.25, 0.3) is 22.5 Å². The van der Waals surface area contributed by atoms with Crippen LogP contribution in [-0.4, -0.2) is 46.8 Å².